The molecule has 0 amide bonds. The zero-order valence-corrected chi connectivity index (χ0v) is 15.1. The summed E-state index contributed by atoms with van der Waals surface area (Å²) < 4.78 is 14.1. The zero-order chi connectivity index (χ0) is 17.2. The third kappa shape index (κ3) is 3.38. The van der Waals surface area contributed by atoms with E-state index in [1.807, 2.05) is 13.1 Å². The fourth-order valence-electron chi connectivity index (χ4n) is 3.99. The molecule has 2 aliphatic rings. The first kappa shape index (κ1) is 16.5. The van der Waals surface area contributed by atoms with E-state index < -0.39 is 0 Å². The Hall–Kier alpha value is -2.01. The molecule has 0 aliphatic carbocycles. The van der Waals surface area contributed by atoms with Crippen molar-refractivity contribution in [3.8, 4) is 11.5 Å². The lowest BCUT2D eigenvalue weighted by Gasteiger charge is -2.24. The SMILES string of the molecule is CCOc1cc2c(cc1CNC[C@@H]1CCCn3ccnc31)O[C@H](C)C2. The van der Waals surface area contributed by atoms with Crippen molar-refractivity contribution in [3.05, 3.63) is 41.5 Å². The monoisotopic (exact) mass is 341 g/mol. The predicted octanol–water partition coefficient (Wildman–Crippen LogP) is 3.27. The van der Waals surface area contributed by atoms with Gasteiger partial charge in [0.05, 0.1) is 6.61 Å². The highest BCUT2D eigenvalue weighted by Gasteiger charge is 2.23. The molecule has 0 spiro atoms. The molecule has 5 heteroatoms. The molecule has 134 valence electrons. The van der Waals surface area contributed by atoms with Crippen LogP contribution in [0.2, 0.25) is 0 Å². The second-order valence-corrected chi connectivity index (χ2v) is 7.08. The van der Waals surface area contributed by atoms with Crippen molar-refractivity contribution < 1.29 is 9.47 Å². The van der Waals surface area contributed by atoms with Crippen LogP contribution in [0.5, 0.6) is 11.5 Å². The maximum Gasteiger partial charge on any atom is 0.124 e. The lowest BCUT2D eigenvalue weighted by Crippen LogP contribution is -2.26. The number of ether oxygens (including phenoxy) is 2. The van der Waals surface area contributed by atoms with Crippen LogP contribution in [0.4, 0.5) is 0 Å². The summed E-state index contributed by atoms with van der Waals surface area (Å²) in [5, 5.41) is 3.61. The van der Waals surface area contributed by atoms with Crippen molar-refractivity contribution in [1.82, 2.24) is 14.9 Å². The summed E-state index contributed by atoms with van der Waals surface area (Å²) in [6.45, 7) is 7.66. The minimum Gasteiger partial charge on any atom is -0.494 e. The first-order valence-corrected chi connectivity index (χ1v) is 9.41. The van der Waals surface area contributed by atoms with E-state index in [2.05, 4.69) is 40.1 Å². The standard InChI is InChI=1S/C20H27N3O2/c1-3-24-18-10-16-9-14(2)25-19(16)11-17(18)13-21-12-15-5-4-7-23-8-6-22-20(15)23/h6,8,10-11,14-15,21H,3-5,7,9,12-13H2,1-2H3/t14-,15+/m1/s1. The van der Waals surface area contributed by atoms with Gasteiger partial charge in [-0.3, -0.25) is 0 Å². The van der Waals surface area contributed by atoms with E-state index in [0.717, 1.165) is 37.6 Å². The molecule has 5 nitrogen and oxygen atoms in total. The normalized spacial score (nSPS) is 21.5. The van der Waals surface area contributed by atoms with E-state index in [-0.39, 0.29) is 6.10 Å². The molecular formula is C20H27N3O2. The predicted molar refractivity (Wildman–Crippen MR) is 97.3 cm³/mol. The number of aryl methyl sites for hydroxylation is 1. The third-order valence-electron chi connectivity index (χ3n) is 5.15. The summed E-state index contributed by atoms with van der Waals surface area (Å²) in [5.74, 6) is 3.71. The van der Waals surface area contributed by atoms with E-state index in [1.165, 1.54) is 29.8 Å². The molecule has 2 aliphatic heterocycles. The van der Waals surface area contributed by atoms with Gasteiger partial charge in [-0.2, -0.15) is 0 Å². The van der Waals surface area contributed by atoms with Crippen molar-refractivity contribution in [2.45, 2.75) is 58.2 Å². The fraction of sp³-hybridized carbons (Fsp3) is 0.550. The van der Waals surface area contributed by atoms with Crippen LogP contribution in [0.25, 0.3) is 0 Å². The van der Waals surface area contributed by atoms with Crippen molar-refractivity contribution >= 4 is 0 Å². The molecule has 25 heavy (non-hydrogen) atoms. The van der Waals surface area contributed by atoms with Gasteiger partial charge in [0.1, 0.15) is 23.4 Å². The number of nitrogens with zero attached hydrogens (tertiary/aromatic N) is 2. The second-order valence-electron chi connectivity index (χ2n) is 7.08. The summed E-state index contributed by atoms with van der Waals surface area (Å²) >= 11 is 0. The van der Waals surface area contributed by atoms with Crippen LogP contribution in [0.3, 0.4) is 0 Å². The Morgan fingerprint density at radius 2 is 2.32 bits per heavy atom. The van der Waals surface area contributed by atoms with E-state index in [4.69, 9.17) is 9.47 Å². The Labute approximate surface area is 149 Å². The number of hydrogen-bond acceptors (Lipinski definition) is 4. The van der Waals surface area contributed by atoms with Crippen LogP contribution in [0.15, 0.2) is 24.5 Å². The third-order valence-corrected chi connectivity index (χ3v) is 5.15. The number of rotatable bonds is 6. The lowest BCUT2D eigenvalue weighted by atomic mass is 9.98. The van der Waals surface area contributed by atoms with Gasteiger partial charge in [-0.05, 0) is 38.8 Å². The number of imidazole rings is 1. The Morgan fingerprint density at radius 3 is 3.20 bits per heavy atom. The van der Waals surface area contributed by atoms with Crippen LogP contribution < -0.4 is 14.8 Å². The molecule has 1 aromatic heterocycles. The maximum absolute atomic E-state index is 5.92. The van der Waals surface area contributed by atoms with Gasteiger partial charge in [-0.15, -0.1) is 0 Å². The molecule has 3 heterocycles. The molecule has 2 aromatic rings. The average Bonchev–Trinajstić information content (AvgIpc) is 3.21. The van der Waals surface area contributed by atoms with Crippen molar-refractivity contribution in [3.63, 3.8) is 0 Å². The Kier molecular flexibility index (Phi) is 4.66. The quantitative estimate of drug-likeness (QED) is 0.876. The van der Waals surface area contributed by atoms with Crippen LogP contribution >= 0.6 is 0 Å². The van der Waals surface area contributed by atoms with E-state index >= 15 is 0 Å². The highest BCUT2D eigenvalue weighted by molar-refractivity contribution is 5.48. The largest absolute Gasteiger partial charge is 0.494 e. The summed E-state index contributed by atoms with van der Waals surface area (Å²) in [4.78, 5) is 4.54. The molecule has 0 bridgehead atoms. The molecule has 0 saturated carbocycles. The van der Waals surface area contributed by atoms with Gasteiger partial charge in [0.15, 0.2) is 0 Å². The number of hydrogen-bond donors (Lipinski definition) is 1. The summed E-state index contributed by atoms with van der Waals surface area (Å²) in [6, 6.07) is 4.31. The van der Waals surface area contributed by atoms with Crippen LogP contribution in [-0.2, 0) is 19.5 Å². The average molecular weight is 341 g/mol. The summed E-state index contributed by atoms with van der Waals surface area (Å²) in [5.41, 5.74) is 2.43. The lowest BCUT2D eigenvalue weighted by molar-refractivity contribution is 0.254. The van der Waals surface area contributed by atoms with Gasteiger partial charge in [0, 0.05) is 55.5 Å². The Bertz CT molecular complexity index is 741. The van der Waals surface area contributed by atoms with Crippen molar-refractivity contribution in [2.75, 3.05) is 13.2 Å². The number of benzene rings is 1. The van der Waals surface area contributed by atoms with E-state index in [0.29, 0.717) is 12.5 Å². The number of aromatic nitrogens is 2. The molecule has 1 aromatic carbocycles. The summed E-state index contributed by atoms with van der Waals surface area (Å²) in [7, 11) is 0. The van der Waals surface area contributed by atoms with Crippen LogP contribution in [0, 0.1) is 0 Å². The first-order chi connectivity index (χ1) is 12.2. The summed E-state index contributed by atoms with van der Waals surface area (Å²) in [6.07, 6.45) is 7.66. The smallest absolute Gasteiger partial charge is 0.124 e. The topological polar surface area (TPSA) is 48.3 Å². The van der Waals surface area contributed by atoms with Crippen LogP contribution in [0.1, 0.15) is 49.6 Å². The number of nitrogens with one attached hydrogen (secondary N) is 1. The molecule has 0 saturated heterocycles. The van der Waals surface area contributed by atoms with Gasteiger partial charge < -0.3 is 19.4 Å². The van der Waals surface area contributed by atoms with E-state index in [1.54, 1.807) is 0 Å². The van der Waals surface area contributed by atoms with E-state index in [9.17, 15) is 0 Å². The van der Waals surface area contributed by atoms with Crippen molar-refractivity contribution in [1.29, 1.82) is 0 Å². The molecule has 2 atom stereocenters. The molecule has 0 unspecified atom stereocenters. The minimum atomic E-state index is 0.258. The van der Waals surface area contributed by atoms with Gasteiger partial charge in [0.25, 0.3) is 0 Å². The zero-order valence-electron chi connectivity index (χ0n) is 15.1. The second kappa shape index (κ2) is 7.08. The van der Waals surface area contributed by atoms with Gasteiger partial charge in [-0.1, -0.05) is 0 Å². The highest BCUT2D eigenvalue weighted by atomic mass is 16.5. The van der Waals surface area contributed by atoms with Crippen LogP contribution in [-0.4, -0.2) is 28.8 Å². The fourth-order valence-corrected chi connectivity index (χ4v) is 3.99. The Balaban J connectivity index is 1.44. The van der Waals surface area contributed by atoms with Gasteiger partial charge >= 0.3 is 0 Å². The minimum absolute atomic E-state index is 0.258. The molecule has 4 rings (SSSR count). The van der Waals surface area contributed by atoms with Gasteiger partial charge in [0.2, 0.25) is 0 Å². The maximum atomic E-state index is 5.92. The first-order valence-electron chi connectivity index (χ1n) is 9.41. The molecular weight excluding hydrogens is 314 g/mol. The molecule has 0 radical (unpaired) electrons. The number of fused-ring (bicyclic) bond motifs is 2. The van der Waals surface area contributed by atoms with Crippen molar-refractivity contribution in [2.24, 2.45) is 0 Å². The van der Waals surface area contributed by atoms with Gasteiger partial charge in [-0.25, -0.2) is 4.98 Å². The molecule has 0 fully saturated rings. The molecule has 1 N–H and O–H groups in total. The highest BCUT2D eigenvalue weighted by Crippen LogP contribution is 2.35. The Morgan fingerprint density at radius 1 is 1.40 bits per heavy atom.